The first-order valence-corrected chi connectivity index (χ1v) is 10.4. The van der Waals surface area contributed by atoms with Crippen LogP contribution in [-0.4, -0.2) is 30.3 Å². The number of nitrogens with zero attached hydrogens (tertiary/aromatic N) is 2. The molecule has 0 bridgehead atoms. The Kier molecular flexibility index (Phi) is 5.02. The molecule has 0 unspecified atom stereocenters. The van der Waals surface area contributed by atoms with Gasteiger partial charge in [-0.1, -0.05) is 12.0 Å². The molecular weight excluding hydrogens is 430 g/mol. The van der Waals surface area contributed by atoms with Gasteiger partial charge in [-0.05, 0) is 52.3 Å². The lowest BCUT2D eigenvalue weighted by Crippen LogP contribution is -2.10. The molecule has 0 fully saturated rings. The highest BCUT2D eigenvalue weighted by atomic mass is 79.9. The summed E-state index contributed by atoms with van der Waals surface area (Å²) in [5.74, 6) is -0.138. The van der Waals surface area contributed by atoms with Gasteiger partial charge in [0.1, 0.15) is 0 Å². The molecule has 0 aliphatic carbocycles. The average molecular weight is 442 g/mol. The molecule has 3 rings (SSSR count). The van der Waals surface area contributed by atoms with E-state index in [-0.39, 0.29) is 28.5 Å². The number of hydrogen-bond donors (Lipinski definition) is 1. The largest absolute Gasteiger partial charge is 0.403 e. The number of carbonyl (C=O) groups excluding carboxylic acids is 1. The van der Waals surface area contributed by atoms with Crippen LogP contribution in [0.25, 0.3) is 11.5 Å². The van der Waals surface area contributed by atoms with E-state index in [4.69, 9.17) is 4.42 Å². The molecule has 10 heteroatoms. The predicted octanol–water partition coefficient (Wildman–Crippen LogP) is 3.61. The second-order valence-corrected chi connectivity index (χ2v) is 9.64. The number of nitrogens with one attached hydrogen (secondary N) is 1. The molecule has 0 radical (unpaired) electrons. The molecule has 1 N–H and O–H groups in total. The molecule has 2 aromatic heterocycles. The average Bonchev–Trinajstić information content (AvgIpc) is 3.24. The van der Waals surface area contributed by atoms with Gasteiger partial charge in [0.15, 0.2) is 9.84 Å². The third-order valence-corrected chi connectivity index (χ3v) is 6.66. The third kappa shape index (κ3) is 3.97. The second-order valence-electron chi connectivity index (χ2n) is 4.90. The summed E-state index contributed by atoms with van der Waals surface area (Å²) in [4.78, 5) is 12.8. The van der Waals surface area contributed by atoms with Gasteiger partial charge in [0.2, 0.25) is 5.89 Å². The zero-order valence-electron chi connectivity index (χ0n) is 12.9. The molecule has 0 aliphatic rings. The Balaban J connectivity index is 1.76. The van der Waals surface area contributed by atoms with Crippen molar-refractivity contribution in [2.45, 2.75) is 11.8 Å². The minimum atomic E-state index is -3.26. The number of hydrogen-bond acceptors (Lipinski definition) is 7. The van der Waals surface area contributed by atoms with Crippen molar-refractivity contribution in [2.24, 2.45) is 0 Å². The number of thiophene rings is 1. The quantitative estimate of drug-likeness (QED) is 0.648. The van der Waals surface area contributed by atoms with Crippen molar-refractivity contribution in [3.63, 3.8) is 0 Å². The van der Waals surface area contributed by atoms with Gasteiger partial charge in [0, 0.05) is 5.56 Å². The van der Waals surface area contributed by atoms with Crippen LogP contribution in [-0.2, 0) is 9.84 Å². The molecule has 0 saturated heterocycles. The van der Waals surface area contributed by atoms with Crippen LogP contribution in [0.3, 0.4) is 0 Å². The van der Waals surface area contributed by atoms with E-state index < -0.39 is 9.84 Å². The van der Waals surface area contributed by atoms with Gasteiger partial charge < -0.3 is 4.42 Å². The van der Waals surface area contributed by atoms with E-state index in [9.17, 15) is 13.2 Å². The molecular formula is C15H12BrN3O4S2. The molecule has 1 aromatic carbocycles. The second kappa shape index (κ2) is 7.06. The molecule has 7 nitrogen and oxygen atoms in total. The number of anilines is 1. The van der Waals surface area contributed by atoms with Crippen LogP contribution in [0.5, 0.6) is 0 Å². The zero-order chi connectivity index (χ0) is 18.0. The van der Waals surface area contributed by atoms with Crippen LogP contribution in [0.2, 0.25) is 0 Å². The number of sulfone groups is 1. The molecule has 2 heterocycles. The Morgan fingerprint density at radius 2 is 1.92 bits per heavy atom. The Hall–Kier alpha value is -2.04. The molecule has 0 aliphatic heterocycles. The van der Waals surface area contributed by atoms with Gasteiger partial charge in [-0.2, -0.15) is 0 Å². The normalized spacial score (nSPS) is 11.4. The fourth-order valence-electron chi connectivity index (χ4n) is 1.96. The van der Waals surface area contributed by atoms with E-state index >= 15 is 0 Å². The topological polar surface area (TPSA) is 102 Å². The fourth-order valence-corrected chi connectivity index (χ4v) is 4.12. The molecule has 0 atom stereocenters. The van der Waals surface area contributed by atoms with Crippen LogP contribution in [0.4, 0.5) is 6.01 Å². The monoisotopic (exact) mass is 441 g/mol. The van der Waals surface area contributed by atoms with Crippen molar-refractivity contribution in [3.05, 3.63) is 45.1 Å². The lowest BCUT2D eigenvalue weighted by molar-refractivity contribution is 0.102. The summed E-state index contributed by atoms with van der Waals surface area (Å²) in [5.41, 5.74) is 0.557. The SMILES string of the molecule is CCS(=O)(=O)c1ccc(-c2nnc(NC(=O)c3ccc(Br)s3)o2)cc1. The number of benzene rings is 1. The summed E-state index contributed by atoms with van der Waals surface area (Å²) < 4.78 is 29.9. The molecule has 0 saturated carbocycles. The van der Waals surface area contributed by atoms with Gasteiger partial charge in [-0.25, -0.2) is 8.42 Å². The number of amides is 1. The van der Waals surface area contributed by atoms with Crippen LogP contribution < -0.4 is 5.32 Å². The number of halogens is 1. The van der Waals surface area contributed by atoms with Crippen LogP contribution in [0.15, 0.2) is 49.5 Å². The molecule has 1 amide bonds. The van der Waals surface area contributed by atoms with E-state index in [2.05, 4.69) is 31.4 Å². The lowest BCUT2D eigenvalue weighted by atomic mass is 10.2. The Bertz CT molecular complexity index is 1010. The highest BCUT2D eigenvalue weighted by Crippen LogP contribution is 2.25. The standard InChI is InChI=1S/C15H12BrN3O4S2/c1-2-25(21,22)10-5-3-9(4-6-10)14-18-19-15(23-14)17-13(20)11-7-8-12(16)24-11/h3-8H,2H2,1H3,(H,17,19,20). The molecule has 3 aromatic rings. The maximum absolute atomic E-state index is 12.0. The summed E-state index contributed by atoms with van der Waals surface area (Å²) in [6.07, 6.45) is 0. The summed E-state index contributed by atoms with van der Waals surface area (Å²) in [6.45, 7) is 1.59. The summed E-state index contributed by atoms with van der Waals surface area (Å²) in [7, 11) is -3.26. The molecule has 25 heavy (non-hydrogen) atoms. The van der Waals surface area contributed by atoms with E-state index in [0.29, 0.717) is 10.4 Å². The van der Waals surface area contributed by atoms with Crippen LogP contribution in [0.1, 0.15) is 16.6 Å². The van der Waals surface area contributed by atoms with E-state index in [1.807, 2.05) is 0 Å². The lowest BCUT2D eigenvalue weighted by Gasteiger charge is -2.01. The van der Waals surface area contributed by atoms with E-state index in [0.717, 1.165) is 3.79 Å². The smallest absolute Gasteiger partial charge is 0.322 e. The Morgan fingerprint density at radius 3 is 2.52 bits per heavy atom. The first-order valence-electron chi connectivity index (χ1n) is 7.12. The van der Waals surface area contributed by atoms with Crippen molar-refractivity contribution in [2.75, 3.05) is 11.1 Å². The van der Waals surface area contributed by atoms with E-state index in [1.54, 1.807) is 31.2 Å². The predicted molar refractivity (Wildman–Crippen MR) is 97.4 cm³/mol. The molecule has 0 spiro atoms. The maximum atomic E-state index is 12.0. The van der Waals surface area contributed by atoms with Gasteiger partial charge in [-0.15, -0.1) is 16.4 Å². The number of rotatable bonds is 5. The van der Waals surface area contributed by atoms with Crippen molar-refractivity contribution >= 4 is 49.0 Å². The minimum absolute atomic E-state index is 0.0297. The Labute approximate surface area is 156 Å². The highest BCUT2D eigenvalue weighted by molar-refractivity contribution is 9.11. The Morgan fingerprint density at radius 1 is 1.20 bits per heavy atom. The van der Waals surface area contributed by atoms with Crippen molar-refractivity contribution in [1.82, 2.24) is 10.2 Å². The summed E-state index contributed by atoms with van der Waals surface area (Å²) in [6, 6.07) is 9.55. The number of carbonyl (C=O) groups is 1. The third-order valence-electron chi connectivity index (χ3n) is 3.28. The summed E-state index contributed by atoms with van der Waals surface area (Å²) >= 11 is 4.57. The number of aromatic nitrogens is 2. The van der Waals surface area contributed by atoms with Gasteiger partial charge in [-0.3, -0.25) is 10.1 Å². The van der Waals surface area contributed by atoms with E-state index in [1.165, 1.54) is 23.5 Å². The van der Waals surface area contributed by atoms with Gasteiger partial charge in [0.25, 0.3) is 5.91 Å². The highest BCUT2D eigenvalue weighted by Gasteiger charge is 2.16. The summed E-state index contributed by atoms with van der Waals surface area (Å²) in [5, 5.41) is 10.2. The van der Waals surface area contributed by atoms with Crippen molar-refractivity contribution in [1.29, 1.82) is 0 Å². The van der Waals surface area contributed by atoms with Crippen molar-refractivity contribution in [3.8, 4) is 11.5 Å². The van der Waals surface area contributed by atoms with Gasteiger partial charge in [0.05, 0.1) is 19.3 Å². The minimum Gasteiger partial charge on any atom is -0.403 e. The van der Waals surface area contributed by atoms with Gasteiger partial charge >= 0.3 is 6.01 Å². The zero-order valence-corrected chi connectivity index (χ0v) is 16.1. The van der Waals surface area contributed by atoms with Crippen molar-refractivity contribution < 1.29 is 17.6 Å². The molecule has 130 valence electrons. The first-order chi connectivity index (χ1) is 11.9. The fraction of sp³-hybridized carbons (Fsp3) is 0.133. The first kappa shape index (κ1) is 17.8. The van der Waals surface area contributed by atoms with Crippen LogP contribution >= 0.6 is 27.3 Å². The van der Waals surface area contributed by atoms with Crippen LogP contribution in [0, 0.1) is 0 Å². The maximum Gasteiger partial charge on any atom is 0.322 e.